The first-order valence-electron chi connectivity index (χ1n) is 23.2. The second kappa shape index (κ2) is 31.2. The number of carbonyl (C=O) groups is 1. The number of esters is 1. The molecular weight excluding hydrogens is 673 g/mol. The molecule has 1 unspecified atom stereocenters. The maximum atomic E-state index is 12.9. The molecule has 3 nitrogen and oxygen atoms in total. The van der Waals surface area contributed by atoms with Crippen LogP contribution in [-0.4, -0.2) is 12.6 Å². The number of benzene rings is 3. The van der Waals surface area contributed by atoms with Gasteiger partial charge in [-0.25, -0.2) is 4.79 Å². The molecule has 0 amide bonds. The molecule has 0 aromatic heterocycles. The highest BCUT2D eigenvalue weighted by atomic mass is 16.5. The first kappa shape index (κ1) is 46.5. The van der Waals surface area contributed by atoms with E-state index in [2.05, 4.69) is 45.0 Å². The summed E-state index contributed by atoms with van der Waals surface area (Å²) in [5.41, 5.74) is 5.35. The third kappa shape index (κ3) is 21.8. The van der Waals surface area contributed by atoms with Crippen molar-refractivity contribution in [1.29, 1.82) is 0 Å². The average molecular weight is 753 g/mol. The van der Waals surface area contributed by atoms with Crippen LogP contribution in [-0.2, 0) is 11.2 Å². The zero-order valence-electron chi connectivity index (χ0n) is 35.7. The number of ether oxygens (including phenoxy) is 2. The molecule has 0 saturated carbocycles. The third-order valence-electron chi connectivity index (χ3n) is 11.4. The summed E-state index contributed by atoms with van der Waals surface area (Å²) in [7, 11) is 0. The van der Waals surface area contributed by atoms with E-state index in [1.54, 1.807) is 0 Å². The van der Waals surface area contributed by atoms with E-state index in [9.17, 15) is 4.79 Å². The number of carbonyl (C=O) groups excluding carboxylic acids is 1. The van der Waals surface area contributed by atoms with Crippen molar-refractivity contribution in [1.82, 2.24) is 0 Å². The van der Waals surface area contributed by atoms with Gasteiger partial charge < -0.3 is 9.47 Å². The topological polar surface area (TPSA) is 35.5 Å². The molecule has 3 aromatic rings. The molecule has 0 spiro atoms. The Hall–Kier alpha value is -2.91. The fourth-order valence-electron chi connectivity index (χ4n) is 7.64. The van der Waals surface area contributed by atoms with Crippen molar-refractivity contribution in [2.45, 2.75) is 207 Å². The molecule has 3 heteroatoms. The van der Waals surface area contributed by atoms with Gasteiger partial charge in [-0.2, -0.15) is 0 Å². The van der Waals surface area contributed by atoms with E-state index in [0.717, 1.165) is 30.6 Å². The van der Waals surface area contributed by atoms with Crippen LogP contribution in [0.2, 0.25) is 0 Å². The highest BCUT2D eigenvalue weighted by Gasteiger charge is 2.12. The lowest BCUT2D eigenvalue weighted by Gasteiger charge is -2.14. The van der Waals surface area contributed by atoms with Crippen molar-refractivity contribution < 1.29 is 14.3 Å². The highest BCUT2D eigenvalue weighted by molar-refractivity contribution is 5.91. The predicted octanol–water partition coefficient (Wildman–Crippen LogP) is 16.8. The van der Waals surface area contributed by atoms with Crippen LogP contribution >= 0.6 is 0 Å². The zero-order valence-corrected chi connectivity index (χ0v) is 35.7. The van der Waals surface area contributed by atoms with Crippen molar-refractivity contribution in [2.75, 3.05) is 6.61 Å². The maximum Gasteiger partial charge on any atom is 0.343 e. The van der Waals surface area contributed by atoms with E-state index in [1.165, 1.54) is 178 Å². The number of hydrogen-bond acceptors (Lipinski definition) is 3. The molecule has 1 atom stereocenters. The molecule has 0 aliphatic rings. The smallest absolute Gasteiger partial charge is 0.343 e. The number of hydrogen-bond donors (Lipinski definition) is 0. The Labute approximate surface area is 338 Å². The van der Waals surface area contributed by atoms with Gasteiger partial charge in [0.1, 0.15) is 5.75 Å². The Morgan fingerprint density at radius 2 is 0.836 bits per heavy atom. The molecule has 0 N–H and O–H groups in total. The summed E-state index contributed by atoms with van der Waals surface area (Å²) in [4.78, 5) is 12.9. The summed E-state index contributed by atoms with van der Waals surface area (Å²) < 4.78 is 11.8. The quantitative estimate of drug-likeness (QED) is 0.0346. The predicted molar refractivity (Wildman–Crippen MR) is 237 cm³/mol. The number of unbranched alkanes of at least 4 members (excludes halogenated alkanes) is 25. The lowest BCUT2D eigenvalue weighted by atomic mass is 10.0. The standard InChI is InChI=1S/C52H80O3/c1-4-6-8-10-12-14-16-17-18-19-20-21-22-24-26-28-30-44-54-45(3)47-36-38-50(39-37-47)52(53)55-51-42-40-49(41-43-51)48-34-32-46(33-35-48)31-29-27-25-23-15-13-11-9-7-5-2/h32-43,45H,4-31,44H2,1-3H3. The van der Waals surface area contributed by atoms with Crippen molar-refractivity contribution >= 4 is 5.97 Å². The van der Waals surface area contributed by atoms with Crippen LogP contribution in [0.25, 0.3) is 11.1 Å². The van der Waals surface area contributed by atoms with Crippen molar-refractivity contribution in [3.8, 4) is 16.9 Å². The van der Waals surface area contributed by atoms with Gasteiger partial charge in [-0.3, -0.25) is 0 Å². The molecular formula is C52H80O3. The summed E-state index contributed by atoms with van der Waals surface area (Å²) in [6, 6.07) is 24.4. The SMILES string of the molecule is CCCCCCCCCCCCCCCCCCCOC(C)c1ccc(C(=O)Oc2ccc(-c3ccc(CCCCCCCCCCCC)cc3)cc2)cc1. The summed E-state index contributed by atoms with van der Waals surface area (Å²) >= 11 is 0. The molecule has 0 bridgehead atoms. The Morgan fingerprint density at radius 1 is 0.455 bits per heavy atom. The van der Waals surface area contributed by atoms with Gasteiger partial charge in [0.05, 0.1) is 11.7 Å². The normalized spacial score (nSPS) is 11.9. The Bertz CT molecular complexity index is 1330. The van der Waals surface area contributed by atoms with Gasteiger partial charge in [0, 0.05) is 6.61 Å². The van der Waals surface area contributed by atoms with Gasteiger partial charge in [-0.05, 0) is 72.7 Å². The Morgan fingerprint density at radius 3 is 1.27 bits per heavy atom. The minimum atomic E-state index is -0.340. The van der Waals surface area contributed by atoms with Crippen LogP contribution in [0.5, 0.6) is 5.75 Å². The highest BCUT2D eigenvalue weighted by Crippen LogP contribution is 2.25. The van der Waals surface area contributed by atoms with Gasteiger partial charge in [-0.15, -0.1) is 0 Å². The molecule has 0 heterocycles. The summed E-state index contributed by atoms with van der Waals surface area (Å²) in [6.07, 6.45) is 38.3. The van der Waals surface area contributed by atoms with Gasteiger partial charge in [0.2, 0.25) is 0 Å². The minimum absolute atomic E-state index is 0.00690. The molecule has 306 valence electrons. The van der Waals surface area contributed by atoms with Crippen LogP contribution < -0.4 is 4.74 Å². The number of aryl methyl sites for hydroxylation is 1. The van der Waals surface area contributed by atoms with E-state index in [1.807, 2.05) is 48.5 Å². The van der Waals surface area contributed by atoms with Crippen molar-refractivity contribution in [3.05, 3.63) is 89.5 Å². The molecule has 0 saturated heterocycles. The van der Waals surface area contributed by atoms with E-state index in [-0.39, 0.29) is 12.1 Å². The van der Waals surface area contributed by atoms with Crippen molar-refractivity contribution in [3.63, 3.8) is 0 Å². The summed E-state index contributed by atoms with van der Waals surface area (Å²) in [5.74, 6) is 0.217. The van der Waals surface area contributed by atoms with Crippen LogP contribution in [0.15, 0.2) is 72.8 Å². The van der Waals surface area contributed by atoms with E-state index in [0.29, 0.717) is 11.3 Å². The monoisotopic (exact) mass is 753 g/mol. The van der Waals surface area contributed by atoms with E-state index < -0.39 is 0 Å². The second-order valence-electron chi connectivity index (χ2n) is 16.3. The van der Waals surface area contributed by atoms with Gasteiger partial charge in [0.25, 0.3) is 0 Å². The lowest BCUT2D eigenvalue weighted by molar-refractivity contribution is 0.0626. The molecule has 0 aliphatic carbocycles. The molecule has 55 heavy (non-hydrogen) atoms. The Kier molecular flexibility index (Phi) is 26.4. The molecule has 3 aromatic carbocycles. The van der Waals surface area contributed by atoms with Gasteiger partial charge in [-0.1, -0.05) is 223 Å². The first-order chi connectivity index (χ1) is 27.1. The van der Waals surface area contributed by atoms with Crippen molar-refractivity contribution in [2.24, 2.45) is 0 Å². The average Bonchev–Trinajstić information content (AvgIpc) is 3.21. The lowest BCUT2D eigenvalue weighted by Crippen LogP contribution is -2.09. The largest absolute Gasteiger partial charge is 0.423 e. The van der Waals surface area contributed by atoms with Gasteiger partial charge >= 0.3 is 5.97 Å². The van der Waals surface area contributed by atoms with Crippen LogP contribution in [0.3, 0.4) is 0 Å². The third-order valence-corrected chi connectivity index (χ3v) is 11.4. The van der Waals surface area contributed by atoms with E-state index >= 15 is 0 Å². The molecule has 3 rings (SSSR count). The maximum absolute atomic E-state index is 12.9. The molecule has 0 aliphatic heterocycles. The van der Waals surface area contributed by atoms with Gasteiger partial charge in [0.15, 0.2) is 0 Å². The van der Waals surface area contributed by atoms with Crippen LogP contribution in [0.1, 0.15) is 222 Å². The Balaban J connectivity index is 1.21. The van der Waals surface area contributed by atoms with Crippen LogP contribution in [0.4, 0.5) is 0 Å². The summed E-state index contributed by atoms with van der Waals surface area (Å²) in [6.45, 7) is 7.45. The second-order valence-corrected chi connectivity index (χ2v) is 16.3. The minimum Gasteiger partial charge on any atom is -0.423 e. The first-order valence-corrected chi connectivity index (χ1v) is 23.2. The van der Waals surface area contributed by atoms with Crippen LogP contribution in [0, 0.1) is 0 Å². The molecule has 0 fully saturated rings. The fraction of sp³-hybridized carbons (Fsp3) is 0.635. The fourth-order valence-corrected chi connectivity index (χ4v) is 7.64. The van der Waals surface area contributed by atoms with E-state index in [4.69, 9.17) is 9.47 Å². The summed E-state index contributed by atoms with van der Waals surface area (Å²) in [5, 5.41) is 0. The number of rotatable bonds is 34. The zero-order chi connectivity index (χ0) is 39.0. The molecule has 0 radical (unpaired) electrons.